The molecule has 1 aromatic carbocycles. The number of carboxylic acids is 1. The number of carboxylic acid groups (broad SMARTS) is 1. The lowest BCUT2D eigenvalue weighted by molar-refractivity contribution is -0.139. The summed E-state index contributed by atoms with van der Waals surface area (Å²) in [5, 5.41) is 10.6. The van der Waals surface area contributed by atoms with Gasteiger partial charge in [-0.3, -0.25) is 4.79 Å². The quantitative estimate of drug-likeness (QED) is 0.490. The number of aliphatic carboxylic acids is 1. The van der Waals surface area contributed by atoms with E-state index in [0.29, 0.717) is 26.5 Å². The molecule has 0 spiro atoms. The van der Waals surface area contributed by atoms with Crippen molar-refractivity contribution in [2.24, 2.45) is 5.41 Å². The Kier molecular flexibility index (Phi) is 5.70. The highest BCUT2D eigenvalue weighted by atomic mass is 35.5. The lowest BCUT2D eigenvalue weighted by Gasteiger charge is -2.27. The highest BCUT2D eigenvalue weighted by Crippen LogP contribution is 2.46. The molecule has 1 aliphatic carbocycles. The number of hydrogen-bond donors (Lipinski definition) is 1. The van der Waals surface area contributed by atoms with Crippen LogP contribution in [0.15, 0.2) is 6.07 Å². The van der Waals surface area contributed by atoms with Crippen molar-refractivity contribution in [1.82, 2.24) is 0 Å². The fourth-order valence-electron chi connectivity index (χ4n) is 3.18. The van der Waals surface area contributed by atoms with E-state index in [4.69, 9.17) is 51.5 Å². The monoisotopic (exact) mass is 368 g/mol. The minimum atomic E-state index is -0.747. The second-order valence-electron chi connectivity index (χ2n) is 5.72. The van der Waals surface area contributed by atoms with Gasteiger partial charge in [0.15, 0.2) is 0 Å². The number of rotatable bonds is 5. The van der Waals surface area contributed by atoms with Gasteiger partial charge in [0.25, 0.3) is 0 Å². The molecule has 0 unspecified atom stereocenters. The first-order valence-corrected chi connectivity index (χ1v) is 8.39. The van der Waals surface area contributed by atoms with Gasteiger partial charge >= 0.3 is 5.97 Å². The van der Waals surface area contributed by atoms with E-state index in [2.05, 4.69) is 0 Å². The first kappa shape index (κ1) is 17.2. The summed E-state index contributed by atoms with van der Waals surface area (Å²) in [5.41, 5.74) is 0.606. The second-order valence-corrected chi connectivity index (χ2v) is 7.29. The molecule has 0 radical (unpaired) electrons. The first-order chi connectivity index (χ1) is 9.84. The van der Waals surface area contributed by atoms with Crippen molar-refractivity contribution in [3.05, 3.63) is 31.7 Å². The molecule has 1 N–H and O–H groups in total. The minimum absolute atomic E-state index is 0.148. The minimum Gasteiger partial charge on any atom is -0.481 e. The largest absolute Gasteiger partial charge is 0.481 e. The molecular weight excluding hydrogens is 354 g/mol. The van der Waals surface area contributed by atoms with Crippen LogP contribution in [-0.2, 0) is 11.2 Å². The van der Waals surface area contributed by atoms with Crippen molar-refractivity contribution in [3.63, 3.8) is 0 Å². The highest BCUT2D eigenvalue weighted by Gasteiger charge is 2.36. The maximum Gasteiger partial charge on any atom is 0.303 e. The van der Waals surface area contributed by atoms with E-state index in [1.807, 2.05) is 0 Å². The Morgan fingerprint density at radius 1 is 1.10 bits per heavy atom. The fourth-order valence-corrected chi connectivity index (χ4v) is 4.31. The normalized spacial score (nSPS) is 17.1. The van der Waals surface area contributed by atoms with E-state index in [0.717, 1.165) is 37.7 Å². The van der Waals surface area contributed by atoms with Gasteiger partial charge in [0.1, 0.15) is 0 Å². The summed E-state index contributed by atoms with van der Waals surface area (Å²) in [6, 6.07) is 1.59. The summed E-state index contributed by atoms with van der Waals surface area (Å²) < 4.78 is 0. The first-order valence-electron chi connectivity index (χ1n) is 6.88. The van der Waals surface area contributed by atoms with Crippen LogP contribution < -0.4 is 0 Å². The predicted octanol–water partition coefficient (Wildman–Crippen LogP) is 6.27. The molecule has 116 valence electrons. The van der Waals surface area contributed by atoms with Gasteiger partial charge in [-0.25, -0.2) is 0 Å². The van der Waals surface area contributed by atoms with Gasteiger partial charge in [0, 0.05) is 5.02 Å². The molecule has 1 aromatic rings. The number of hydrogen-bond acceptors (Lipinski definition) is 1. The van der Waals surface area contributed by atoms with E-state index in [1.54, 1.807) is 6.07 Å². The Labute approximate surface area is 144 Å². The fraction of sp³-hybridized carbons (Fsp3) is 0.533. The van der Waals surface area contributed by atoms with Gasteiger partial charge in [-0.15, -0.1) is 0 Å². The Bertz CT molecular complexity index is 551. The molecule has 2 rings (SSSR count). The topological polar surface area (TPSA) is 37.3 Å². The average molecular weight is 370 g/mol. The lowest BCUT2D eigenvalue weighted by Crippen LogP contribution is -2.22. The molecule has 1 aliphatic rings. The Morgan fingerprint density at radius 3 is 2.29 bits per heavy atom. The third-order valence-electron chi connectivity index (χ3n) is 4.30. The van der Waals surface area contributed by atoms with Crippen molar-refractivity contribution in [2.45, 2.75) is 44.9 Å². The van der Waals surface area contributed by atoms with Crippen LogP contribution in [0.25, 0.3) is 0 Å². The lowest BCUT2D eigenvalue weighted by atomic mass is 9.77. The van der Waals surface area contributed by atoms with E-state index >= 15 is 0 Å². The number of carbonyl (C=O) groups is 1. The zero-order valence-electron chi connectivity index (χ0n) is 11.4. The molecule has 1 saturated carbocycles. The van der Waals surface area contributed by atoms with Crippen LogP contribution in [0.5, 0.6) is 0 Å². The van der Waals surface area contributed by atoms with Crippen LogP contribution in [0.3, 0.4) is 0 Å². The predicted molar refractivity (Wildman–Crippen MR) is 88.0 cm³/mol. The van der Waals surface area contributed by atoms with Crippen LogP contribution in [0, 0.1) is 5.41 Å². The van der Waals surface area contributed by atoms with Crippen LogP contribution in [-0.4, -0.2) is 11.1 Å². The molecule has 0 aliphatic heterocycles. The molecule has 0 aromatic heterocycles. The Balaban J connectivity index is 2.18. The number of halogens is 4. The van der Waals surface area contributed by atoms with Gasteiger partial charge in [0.05, 0.1) is 21.5 Å². The van der Waals surface area contributed by atoms with E-state index < -0.39 is 5.97 Å². The van der Waals surface area contributed by atoms with Crippen LogP contribution in [0.4, 0.5) is 0 Å². The molecule has 21 heavy (non-hydrogen) atoms. The van der Waals surface area contributed by atoms with Crippen LogP contribution >= 0.6 is 46.4 Å². The molecule has 0 saturated heterocycles. The summed E-state index contributed by atoms with van der Waals surface area (Å²) >= 11 is 24.4. The Morgan fingerprint density at radius 2 is 1.71 bits per heavy atom. The smallest absolute Gasteiger partial charge is 0.303 e. The van der Waals surface area contributed by atoms with Crippen molar-refractivity contribution < 1.29 is 9.90 Å². The second kappa shape index (κ2) is 6.95. The molecule has 0 bridgehead atoms. The standard InChI is InChI=1S/C15H16Cl4O2/c16-10-7-11(17)14(19)13(18)9(10)3-6-15(8-12(20)21)4-1-2-5-15/h7H,1-6,8H2,(H,20,21). The SMILES string of the molecule is O=C(O)CC1(CCc2c(Cl)cc(Cl)c(Cl)c2Cl)CCCC1. The van der Waals surface area contributed by atoms with Gasteiger partial charge in [0.2, 0.25) is 0 Å². The summed E-state index contributed by atoms with van der Waals surface area (Å²) in [5.74, 6) is -0.747. The molecule has 0 heterocycles. The van der Waals surface area contributed by atoms with Gasteiger partial charge in [-0.2, -0.15) is 0 Å². The van der Waals surface area contributed by atoms with Crippen LogP contribution in [0.1, 0.15) is 44.1 Å². The van der Waals surface area contributed by atoms with Crippen molar-refractivity contribution in [3.8, 4) is 0 Å². The Hall–Kier alpha value is -0.150. The summed E-state index contributed by atoms with van der Waals surface area (Å²) in [6.07, 6.45) is 5.60. The van der Waals surface area contributed by atoms with Crippen LogP contribution in [0.2, 0.25) is 20.1 Å². The number of benzene rings is 1. The van der Waals surface area contributed by atoms with E-state index in [9.17, 15) is 4.79 Å². The molecule has 6 heteroatoms. The summed E-state index contributed by atoms with van der Waals surface area (Å²) in [4.78, 5) is 11.1. The molecule has 1 fully saturated rings. The zero-order chi connectivity index (χ0) is 15.6. The zero-order valence-corrected chi connectivity index (χ0v) is 14.4. The third kappa shape index (κ3) is 3.98. The average Bonchev–Trinajstić information content (AvgIpc) is 2.84. The maximum absolute atomic E-state index is 11.1. The van der Waals surface area contributed by atoms with Gasteiger partial charge in [-0.1, -0.05) is 59.2 Å². The summed E-state index contributed by atoms with van der Waals surface area (Å²) in [7, 11) is 0. The van der Waals surface area contributed by atoms with Crippen molar-refractivity contribution >= 4 is 52.4 Å². The van der Waals surface area contributed by atoms with Crippen molar-refractivity contribution in [1.29, 1.82) is 0 Å². The van der Waals surface area contributed by atoms with Crippen molar-refractivity contribution in [2.75, 3.05) is 0 Å². The van der Waals surface area contributed by atoms with Gasteiger partial charge in [-0.05, 0) is 42.7 Å². The molecule has 0 amide bonds. The molecule has 2 nitrogen and oxygen atoms in total. The van der Waals surface area contributed by atoms with E-state index in [1.165, 1.54) is 0 Å². The molecular formula is C15H16Cl4O2. The van der Waals surface area contributed by atoms with E-state index in [-0.39, 0.29) is 11.8 Å². The third-order valence-corrected chi connectivity index (χ3v) is 5.94. The summed E-state index contributed by atoms with van der Waals surface area (Å²) in [6.45, 7) is 0. The highest BCUT2D eigenvalue weighted by molar-refractivity contribution is 6.49. The molecule has 0 atom stereocenters. The van der Waals surface area contributed by atoms with Gasteiger partial charge < -0.3 is 5.11 Å². The maximum atomic E-state index is 11.1.